The lowest BCUT2D eigenvalue weighted by atomic mass is 9.95. The highest BCUT2D eigenvalue weighted by Gasteiger charge is 2.48. The lowest BCUT2D eigenvalue weighted by Gasteiger charge is -2.24. The number of amides is 1. The fourth-order valence-corrected chi connectivity index (χ4v) is 6.73. The maximum atomic E-state index is 13.7. The summed E-state index contributed by atoms with van der Waals surface area (Å²) in [4.78, 5) is 28.7. The molecular formula is C34H34ClN3O5S2. The number of hydrogen-bond acceptors (Lipinski definition) is 9. The minimum Gasteiger partial charge on any atom is -0.507 e. The summed E-state index contributed by atoms with van der Waals surface area (Å²) < 4.78 is 12.6. The van der Waals surface area contributed by atoms with Crippen molar-refractivity contribution in [1.82, 2.24) is 10.2 Å². The molecule has 3 aromatic carbocycles. The third-order valence-electron chi connectivity index (χ3n) is 7.18. The van der Waals surface area contributed by atoms with Crippen LogP contribution in [0.3, 0.4) is 0 Å². The molecular weight excluding hydrogens is 630 g/mol. The van der Waals surface area contributed by atoms with Gasteiger partial charge in [-0.2, -0.15) is 0 Å². The Morgan fingerprint density at radius 3 is 2.44 bits per heavy atom. The summed E-state index contributed by atoms with van der Waals surface area (Å²) in [7, 11) is 0. The van der Waals surface area contributed by atoms with Crippen molar-refractivity contribution >= 4 is 57.3 Å². The number of ketones is 1. The summed E-state index contributed by atoms with van der Waals surface area (Å²) in [5, 5.41) is 21.0. The number of anilines is 1. The second kappa shape index (κ2) is 14.5. The number of aliphatic hydroxyl groups excluding tert-OH is 1. The van der Waals surface area contributed by atoms with Crippen LogP contribution in [0.1, 0.15) is 55.5 Å². The van der Waals surface area contributed by atoms with Crippen LogP contribution in [0.5, 0.6) is 11.5 Å². The number of aliphatic hydroxyl groups is 1. The summed E-state index contributed by atoms with van der Waals surface area (Å²) in [6.45, 7) is 8.96. The number of aromatic nitrogens is 2. The summed E-state index contributed by atoms with van der Waals surface area (Å²) in [5.74, 6) is 0.274. The number of hydrogen-bond donors (Lipinski definition) is 1. The Labute approximate surface area is 276 Å². The molecule has 1 aliphatic rings. The van der Waals surface area contributed by atoms with E-state index < -0.39 is 17.7 Å². The molecule has 1 N–H and O–H groups in total. The summed E-state index contributed by atoms with van der Waals surface area (Å²) in [5.41, 5.74) is 3.01. The topological polar surface area (TPSA) is 102 Å². The number of benzene rings is 3. The number of ether oxygens (including phenoxy) is 2. The fraction of sp³-hybridized carbons (Fsp3) is 0.294. The molecule has 11 heteroatoms. The highest BCUT2D eigenvalue weighted by molar-refractivity contribution is 8.00. The standard InChI is InChI=1S/C34H34ClN3O5S2/c1-5-42-27-18-24(12-15-26(27)43-17-16-20(2)3)29-28(30(39)23-10-6-21(4)7-11-23)31(40)32(41)38(29)33-36-37-34(45-33)44-19-22-8-13-25(35)14-9-22/h6-15,18,20,29,39H,5,16-17,19H2,1-4H3/b30-28+. The van der Waals surface area contributed by atoms with Gasteiger partial charge in [-0.3, -0.25) is 14.5 Å². The number of nitrogens with zero attached hydrogens (tertiary/aromatic N) is 3. The van der Waals surface area contributed by atoms with Crippen LogP contribution in [0.25, 0.3) is 5.76 Å². The highest BCUT2D eigenvalue weighted by Crippen LogP contribution is 2.45. The van der Waals surface area contributed by atoms with E-state index in [4.69, 9.17) is 21.1 Å². The van der Waals surface area contributed by atoms with Gasteiger partial charge < -0.3 is 14.6 Å². The van der Waals surface area contributed by atoms with Gasteiger partial charge in [-0.1, -0.05) is 96.6 Å². The van der Waals surface area contributed by atoms with Gasteiger partial charge in [-0.05, 0) is 61.6 Å². The number of thioether (sulfide) groups is 1. The number of carbonyl (C=O) groups excluding carboxylic acids is 2. The Hall–Kier alpha value is -3.86. The van der Waals surface area contributed by atoms with Crippen LogP contribution in [0.15, 0.2) is 76.6 Å². The zero-order valence-electron chi connectivity index (χ0n) is 25.5. The van der Waals surface area contributed by atoms with Gasteiger partial charge in [0.1, 0.15) is 5.76 Å². The molecule has 0 bridgehead atoms. The predicted molar refractivity (Wildman–Crippen MR) is 179 cm³/mol. The lowest BCUT2D eigenvalue weighted by Crippen LogP contribution is -2.29. The fourth-order valence-electron chi connectivity index (χ4n) is 4.78. The van der Waals surface area contributed by atoms with E-state index in [-0.39, 0.29) is 16.5 Å². The summed E-state index contributed by atoms with van der Waals surface area (Å²) in [6.07, 6.45) is 0.874. The minimum atomic E-state index is -0.975. The van der Waals surface area contributed by atoms with Crippen molar-refractivity contribution in [3.63, 3.8) is 0 Å². The van der Waals surface area contributed by atoms with Gasteiger partial charge in [-0.25, -0.2) is 0 Å². The van der Waals surface area contributed by atoms with Gasteiger partial charge in [0, 0.05) is 16.3 Å². The van der Waals surface area contributed by atoms with Crippen molar-refractivity contribution in [2.24, 2.45) is 5.92 Å². The number of rotatable bonds is 12. The Balaban J connectivity index is 1.55. The molecule has 234 valence electrons. The second-order valence-electron chi connectivity index (χ2n) is 11.0. The molecule has 1 aromatic heterocycles. The van der Waals surface area contributed by atoms with E-state index in [2.05, 4.69) is 24.0 Å². The molecule has 5 rings (SSSR count). The van der Waals surface area contributed by atoms with Gasteiger partial charge in [0.2, 0.25) is 5.13 Å². The van der Waals surface area contributed by atoms with Crippen LogP contribution in [-0.2, 0) is 15.3 Å². The molecule has 0 aliphatic carbocycles. The van der Waals surface area contributed by atoms with E-state index in [9.17, 15) is 14.7 Å². The first-order chi connectivity index (χ1) is 21.7. The maximum Gasteiger partial charge on any atom is 0.301 e. The van der Waals surface area contributed by atoms with Gasteiger partial charge in [0.25, 0.3) is 5.78 Å². The molecule has 0 radical (unpaired) electrons. The van der Waals surface area contributed by atoms with Crippen LogP contribution in [0.4, 0.5) is 5.13 Å². The van der Waals surface area contributed by atoms with Gasteiger partial charge >= 0.3 is 5.91 Å². The summed E-state index contributed by atoms with van der Waals surface area (Å²) >= 11 is 8.69. The molecule has 1 unspecified atom stereocenters. The van der Waals surface area contributed by atoms with Gasteiger partial charge in [-0.15, -0.1) is 10.2 Å². The maximum absolute atomic E-state index is 13.7. The number of halogens is 1. The first kappa shape index (κ1) is 32.5. The Morgan fingerprint density at radius 2 is 1.76 bits per heavy atom. The third kappa shape index (κ3) is 7.52. The smallest absolute Gasteiger partial charge is 0.301 e. The van der Waals surface area contributed by atoms with E-state index in [1.807, 2.05) is 50.2 Å². The molecule has 1 amide bonds. The van der Waals surface area contributed by atoms with E-state index in [0.717, 1.165) is 17.5 Å². The quantitative estimate of drug-likeness (QED) is 0.0532. The minimum absolute atomic E-state index is 0.0367. The molecule has 0 saturated carbocycles. The third-order valence-corrected chi connectivity index (χ3v) is 9.56. The van der Waals surface area contributed by atoms with Gasteiger partial charge in [0.05, 0.1) is 24.8 Å². The Bertz CT molecular complexity index is 1700. The molecule has 4 aromatic rings. The lowest BCUT2D eigenvalue weighted by molar-refractivity contribution is -0.132. The molecule has 2 heterocycles. The van der Waals surface area contributed by atoms with E-state index >= 15 is 0 Å². The van der Waals surface area contributed by atoms with E-state index in [1.165, 1.54) is 28.0 Å². The van der Waals surface area contributed by atoms with Crippen LogP contribution in [-0.4, -0.2) is 40.2 Å². The van der Waals surface area contributed by atoms with E-state index in [1.54, 1.807) is 30.3 Å². The predicted octanol–water partition coefficient (Wildman–Crippen LogP) is 8.24. The Morgan fingerprint density at radius 1 is 1.02 bits per heavy atom. The molecule has 8 nitrogen and oxygen atoms in total. The zero-order valence-corrected chi connectivity index (χ0v) is 27.8. The van der Waals surface area contributed by atoms with Crippen molar-refractivity contribution in [3.05, 3.63) is 99.6 Å². The van der Waals surface area contributed by atoms with Crippen LogP contribution >= 0.6 is 34.7 Å². The van der Waals surface area contributed by atoms with Crippen LogP contribution in [0, 0.1) is 12.8 Å². The first-order valence-corrected chi connectivity index (χ1v) is 16.8. The molecule has 0 spiro atoms. The average Bonchev–Trinajstić information content (AvgIpc) is 3.59. The largest absolute Gasteiger partial charge is 0.507 e. The Kier molecular flexibility index (Phi) is 10.5. The van der Waals surface area contributed by atoms with Crippen molar-refractivity contribution < 1.29 is 24.2 Å². The highest BCUT2D eigenvalue weighted by atomic mass is 35.5. The van der Waals surface area contributed by atoms with Crippen LogP contribution in [0.2, 0.25) is 5.02 Å². The zero-order chi connectivity index (χ0) is 32.1. The van der Waals surface area contributed by atoms with Gasteiger partial charge in [0.15, 0.2) is 15.8 Å². The number of Topliss-reactive ketones (excluding diaryl/α,β-unsaturated/α-hetero) is 1. The van der Waals surface area contributed by atoms with Crippen LogP contribution < -0.4 is 14.4 Å². The van der Waals surface area contributed by atoms with Crippen molar-refractivity contribution in [2.45, 2.75) is 50.3 Å². The summed E-state index contributed by atoms with van der Waals surface area (Å²) in [6, 6.07) is 19.0. The van der Waals surface area contributed by atoms with Crippen molar-refractivity contribution in [1.29, 1.82) is 0 Å². The van der Waals surface area contributed by atoms with Crippen molar-refractivity contribution in [2.75, 3.05) is 18.1 Å². The number of carbonyl (C=O) groups is 2. The molecule has 1 atom stereocenters. The van der Waals surface area contributed by atoms with Crippen molar-refractivity contribution in [3.8, 4) is 11.5 Å². The number of aryl methyl sites for hydroxylation is 1. The van der Waals surface area contributed by atoms with E-state index in [0.29, 0.717) is 56.9 Å². The second-order valence-corrected chi connectivity index (χ2v) is 13.6. The molecule has 1 saturated heterocycles. The normalized spacial score (nSPS) is 16.0. The molecule has 1 aliphatic heterocycles. The molecule has 45 heavy (non-hydrogen) atoms. The average molecular weight is 664 g/mol. The molecule has 1 fully saturated rings. The first-order valence-electron chi connectivity index (χ1n) is 14.6. The SMILES string of the molecule is CCOc1cc(C2/C(=C(\O)c3ccc(C)cc3)C(=O)C(=O)N2c2nnc(SCc3ccc(Cl)cc3)s2)ccc1OCCC(C)C. The monoisotopic (exact) mass is 663 g/mol.